The maximum Gasteiger partial charge on any atom is 0.340 e. The van der Waals surface area contributed by atoms with E-state index in [-0.39, 0.29) is 26.5 Å². The minimum Gasteiger partial charge on any atom is -0.452 e. The van der Waals surface area contributed by atoms with Crippen molar-refractivity contribution in [1.29, 1.82) is 0 Å². The first kappa shape index (κ1) is 23.4. The van der Waals surface area contributed by atoms with E-state index >= 15 is 0 Å². The second-order valence-electron chi connectivity index (χ2n) is 6.39. The number of imide groups is 1. The fourth-order valence-corrected chi connectivity index (χ4v) is 4.33. The van der Waals surface area contributed by atoms with Crippen LogP contribution >= 0.6 is 23.2 Å². The second kappa shape index (κ2) is 10.2. The number of ether oxygens (including phenoxy) is 1. The van der Waals surface area contributed by atoms with Crippen molar-refractivity contribution in [3.05, 3.63) is 27.7 Å². The Morgan fingerprint density at radius 3 is 2.48 bits per heavy atom. The van der Waals surface area contributed by atoms with Crippen molar-refractivity contribution >= 4 is 51.1 Å². The molecule has 9 nitrogen and oxygen atoms in total. The van der Waals surface area contributed by atoms with Crippen LogP contribution in [0.5, 0.6) is 0 Å². The Kier molecular flexibility index (Phi) is 8.26. The highest BCUT2D eigenvalue weighted by Crippen LogP contribution is 2.31. The van der Waals surface area contributed by atoms with Gasteiger partial charge in [-0.2, -0.15) is 0 Å². The number of carbonyl (C=O) groups excluding carboxylic acids is 3. The number of amides is 3. The standard InChI is InChI=1S/C17H21Cl2N3O6S/c1-2-3-6-20-17(25)21-15(23)9-28-16(24)11-7-14(13(19)8-12(11)18)29(26,27)22-10-4-5-10/h7-8,10,22H,2-6,9H2,1H3,(H2,20,21,23,25). The van der Waals surface area contributed by atoms with Crippen molar-refractivity contribution in [2.45, 2.75) is 43.5 Å². The van der Waals surface area contributed by atoms with Gasteiger partial charge in [0.2, 0.25) is 10.0 Å². The molecule has 160 valence electrons. The van der Waals surface area contributed by atoms with E-state index in [1.807, 2.05) is 12.2 Å². The molecule has 1 saturated carbocycles. The van der Waals surface area contributed by atoms with Gasteiger partial charge in [0.15, 0.2) is 6.61 Å². The molecule has 0 heterocycles. The molecular formula is C17H21Cl2N3O6S. The molecule has 1 fully saturated rings. The lowest BCUT2D eigenvalue weighted by Gasteiger charge is -2.11. The summed E-state index contributed by atoms with van der Waals surface area (Å²) in [7, 11) is -3.94. The molecule has 0 unspecified atom stereocenters. The summed E-state index contributed by atoms with van der Waals surface area (Å²) in [5.74, 6) is -1.88. The molecule has 0 saturated heterocycles. The highest BCUT2D eigenvalue weighted by molar-refractivity contribution is 7.89. The van der Waals surface area contributed by atoms with Crippen molar-refractivity contribution in [3.63, 3.8) is 0 Å². The first-order chi connectivity index (χ1) is 13.6. The van der Waals surface area contributed by atoms with E-state index in [1.54, 1.807) is 0 Å². The molecule has 1 aromatic carbocycles. The highest BCUT2D eigenvalue weighted by atomic mass is 35.5. The molecule has 0 radical (unpaired) electrons. The fraction of sp³-hybridized carbons (Fsp3) is 0.471. The van der Waals surface area contributed by atoms with Gasteiger partial charge in [0.1, 0.15) is 4.90 Å². The van der Waals surface area contributed by atoms with Gasteiger partial charge < -0.3 is 10.1 Å². The predicted octanol–water partition coefficient (Wildman–Crippen LogP) is 2.22. The van der Waals surface area contributed by atoms with Gasteiger partial charge in [0.25, 0.3) is 5.91 Å². The van der Waals surface area contributed by atoms with Crippen LogP contribution in [-0.2, 0) is 19.6 Å². The van der Waals surface area contributed by atoms with E-state index in [0.29, 0.717) is 6.54 Å². The van der Waals surface area contributed by atoms with Gasteiger partial charge in [-0.05, 0) is 31.4 Å². The number of carbonyl (C=O) groups is 3. The zero-order valence-corrected chi connectivity index (χ0v) is 17.9. The average molecular weight is 466 g/mol. The maximum absolute atomic E-state index is 12.4. The minimum atomic E-state index is -3.94. The van der Waals surface area contributed by atoms with Crippen LogP contribution in [0.15, 0.2) is 17.0 Å². The third-order valence-corrected chi connectivity index (χ3v) is 6.13. The van der Waals surface area contributed by atoms with Crippen molar-refractivity contribution in [1.82, 2.24) is 15.4 Å². The van der Waals surface area contributed by atoms with E-state index in [2.05, 4.69) is 10.0 Å². The number of hydrogen-bond donors (Lipinski definition) is 3. The molecule has 29 heavy (non-hydrogen) atoms. The number of rotatable bonds is 9. The molecule has 1 aromatic rings. The molecule has 0 atom stereocenters. The van der Waals surface area contributed by atoms with Gasteiger partial charge in [0, 0.05) is 12.6 Å². The topological polar surface area (TPSA) is 131 Å². The molecule has 0 bridgehead atoms. The first-order valence-electron chi connectivity index (χ1n) is 8.90. The SMILES string of the molecule is CCCCNC(=O)NC(=O)COC(=O)c1cc(S(=O)(=O)NC2CC2)c(Cl)cc1Cl. The number of unbranched alkanes of at least 4 members (excludes halogenated alkanes) is 1. The van der Waals surface area contributed by atoms with Gasteiger partial charge in [-0.15, -0.1) is 0 Å². The smallest absolute Gasteiger partial charge is 0.340 e. The summed E-state index contributed by atoms with van der Waals surface area (Å²) in [6, 6.07) is 1.24. The Balaban J connectivity index is 2.00. The van der Waals surface area contributed by atoms with Gasteiger partial charge in [-0.25, -0.2) is 22.7 Å². The largest absolute Gasteiger partial charge is 0.452 e. The minimum absolute atomic E-state index is 0.136. The predicted molar refractivity (Wildman–Crippen MR) is 107 cm³/mol. The molecule has 0 spiro atoms. The van der Waals surface area contributed by atoms with Gasteiger partial charge in [-0.3, -0.25) is 10.1 Å². The Hall–Kier alpha value is -1.88. The summed E-state index contributed by atoms with van der Waals surface area (Å²) in [6.07, 6.45) is 3.08. The third-order valence-electron chi connectivity index (χ3n) is 3.83. The summed E-state index contributed by atoms with van der Waals surface area (Å²) in [6.45, 7) is 1.61. The van der Waals surface area contributed by atoms with E-state index in [9.17, 15) is 22.8 Å². The lowest BCUT2D eigenvalue weighted by molar-refractivity contribution is -0.123. The number of benzene rings is 1. The van der Waals surface area contributed by atoms with Crippen molar-refractivity contribution in [2.24, 2.45) is 0 Å². The first-order valence-corrected chi connectivity index (χ1v) is 11.1. The number of hydrogen-bond acceptors (Lipinski definition) is 6. The Bertz CT molecular complexity index is 903. The van der Waals surface area contributed by atoms with E-state index in [4.69, 9.17) is 27.9 Å². The number of nitrogens with one attached hydrogen (secondary N) is 3. The number of esters is 1. The van der Waals surface area contributed by atoms with Gasteiger partial charge >= 0.3 is 12.0 Å². The lowest BCUT2D eigenvalue weighted by atomic mass is 10.2. The van der Waals surface area contributed by atoms with Crippen molar-refractivity contribution in [3.8, 4) is 0 Å². The third kappa shape index (κ3) is 7.14. The molecule has 1 aliphatic carbocycles. The summed E-state index contributed by atoms with van der Waals surface area (Å²) in [5, 5.41) is 4.19. The Labute approximate surface area is 178 Å². The maximum atomic E-state index is 12.4. The quantitative estimate of drug-likeness (QED) is 0.378. The Morgan fingerprint density at radius 2 is 1.86 bits per heavy atom. The van der Waals surface area contributed by atoms with Crippen LogP contribution in [0.25, 0.3) is 0 Å². The monoisotopic (exact) mass is 465 g/mol. The van der Waals surface area contributed by atoms with Gasteiger partial charge in [0.05, 0.1) is 15.6 Å². The Morgan fingerprint density at radius 1 is 1.17 bits per heavy atom. The van der Waals surface area contributed by atoms with Gasteiger partial charge in [-0.1, -0.05) is 36.5 Å². The molecule has 0 aliphatic heterocycles. The molecule has 0 aromatic heterocycles. The molecule has 12 heteroatoms. The summed E-state index contributed by atoms with van der Waals surface area (Å²) in [4.78, 5) is 35.1. The molecule has 3 amide bonds. The van der Waals surface area contributed by atoms with Crippen LogP contribution in [0.1, 0.15) is 43.0 Å². The molecule has 1 aliphatic rings. The van der Waals surface area contributed by atoms with Crippen LogP contribution in [0.4, 0.5) is 4.79 Å². The van der Waals surface area contributed by atoms with E-state index < -0.39 is 34.5 Å². The summed E-state index contributed by atoms with van der Waals surface area (Å²) in [5.41, 5.74) is -0.271. The van der Waals surface area contributed by atoms with Crippen LogP contribution in [0, 0.1) is 0 Å². The normalized spacial score (nSPS) is 13.6. The molecular weight excluding hydrogens is 445 g/mol. The number of halogens is 2. The fourth-order valence-electron chi connectivity index (χ4n) is 2.17. The van der Waals surface area contributed by atoms with Crippen LogP contribution < -0.4 is 15.4 Å². The van der Waals surface area contributed by atoms with E-state index in [1.165, 1.54) is 0 Å². The zero-order valence-electron chi connectivity index (χ0n) is 15.6. The highest BCUT2D eigenvalue weighted by Gasteiger charge is 2.30. The van der Waals surface area contributed by atoms with Crippen molar-refractivity contribution < 1.29 is 27.5 Å². The average Bonchev–Trinajstić information content (AvgIpc) is 3.43. The number of urea groups is 1. The van der Waals surface area contributed by atoms with Crippen LogP contribution in [-0.4, -0.2) is 45.5 Å². The second-order valence-corrected chi connectivity index (χ2v) is 8.89. The number of sulfonamides is 1. The van der Waals surface area contributed by atoms with Crippen LogP contribution in [0.2, 0.25) is 10.0 Å². The van der Waals surface area contributed by atoms with Crippen LogP contribution in [0.3, 0.4) is 0 Å². The van der Waals surface area contributed by atoms with Crippen molar-refractivity contribution in [2.75, 3.05) is 13.2 Å². The molecule has 3 N–H and O–H groups in total. The van der Waals surface area contributed by atoms with E-state index in [0.717, 1.165) is 37.8 Å². The lowest BCUT2D eigenvalue weighted by Crippen LogP contribution is -2.41. The summed E-state index contributed by atoms with van der Waals surface area (Å²) >= 11 is 11.9. The zero-order chi connectivity index (χ0) is 21.6. The molecule has 2 rings (SSSR count). The summed E-state index contributed by atoms with van der Waals surface area (Å²) < 4.78 is 32.0.